The molecule has 2 fully saturated rings. The fourth-order valence-electron chi connectivity index (χ4n) is 9.23. The van der Waals surface area contributed by atoms with Crippen LogP contribution in [0.4, 0.5) is 0 Å². The Labute approximate surface area is 374 Å². The number of aromatic nitrogens is 2. The van der Waals surface area contributed by atoms with Crippen molar-refractivity contribution in [3.63, 3.8) is 0 Å². The van der Waals surface area contributed by atoms with Gasteiger partial charge in [0, 0.05) is 78.6 Å². The average molecular weight is 867 g/mol. The van der Waals surface area contributed by atoms with Crippen LogP contribution in [-0.4, -0.2) is 106 Å². The molecule has 9 nitrogen and oxygen atoms in total. The van der Waals surface area contributed by atoms with Crippen LogP contribution in [0.3, 0.4) is 0 Å². The molecule has 3 N–H and O–H groups in total. The molecule has 1 aromatic heterocycles. The molecule has 0 saturated carbocycles. The van der Waals surface area contributed by atoms with Crippen molar-refractivity contribution in [3.05, 3.63) is 136 Å². The number of halogens is 2. The predicted molar refractivity (Wildman–Crippen MR) is 251 cm³/mol. The number of benzene rings is 4. The van der Waals surface area contributed by atoms with Crippen molar-refractivity contribution in [2.24, 2.45) is 13.0 Å². The number of aliphatic hydroxyl groups excluding tert-OH is 1. The van der Waals surface area contributed by atoms with E-state index in [4.69, 9.17) is 27.9 Å². The van der Waals surface area contributed by atoms with Crippen LogP contribution in [0.2, 0.25) is 10.0 Å². The number of hydrogen-bond donors (Lipinski definition) is 3. The maximum absolute atomic E-state index is 11.1. The Morgan fingerprint density at radius 2 is 1.69 bits per heavy atom. The third kappa shape index (κ3) is 12.5. The van der Waals surface area contributed by atoms with Gasteiger partial charge in [-0.15, -0.1) is 0 Å². The Hall–Kier alpha value is -3.77. The first-order valence-corrected chi connectivity index (χ1v) is 22.8. The van der Waals surface area contributed by atoms with E-state index in [0.717, 1.165) is 111 Å². The largest absolute Gasteiger partial charge is 0.457 e. The van der Waals surface area contributed by atoms with Gasteiger partial charge in [-0.3, -0.25) is 4.90 Å². The Kier molecular flexibility index (Phi) is 15.6. The summed E-state index contributed by atoms with van der Waals surface area (Å²) in [7, 11) is 6.17. The maximum atomic E-state index is 11.1. The molecule has 5 aromatic rings. The molecular formula is C50H65Cl2N7O2. The molecule has 61 heavy (non-hydrogen) atoms. The van der Waals surface area contributed by atoms with Gasteiger partial charge >= 0.3 is 0 Å². The van der Waals surface area contributed by atoms with Crippen molar-refractivity contribution < 1.29 is 9.84 Å². The summed E-state index contributed by atoms with van der Waals surface area (Å²) in [6, 6.07) is 33.6. The van der Waals surface area contributed by atoms with Crippen LogP contribution in [0.25, 0.3) is 11.3 Å². The lowest BCUT2D eigenvalue weighted by atomic mass is 9.82. The van der Waals surface area contributed by atoms with Crippen molar-refractivity contribution in [2.75, 3.05) is 53.4 Å². The SMILES string of the molecule is C[C@H](O)[C@@H]1CN[C@@]2(Cc3ccc(Cl)cc3)CCCN(C[C@H](Cc3ccccc3)CCN(Cc3ccc(Cl)cc3Oc3ccc(-c4cnc(CN(C)C)n4C)cc3)[C@@H](C)CN1)C2. The smallest absolute Gasteiger partial charge is 0.133 e. The summed E-state index contributed by atoms with van der Waals surface area (Å²) < 4.78 is 8.80. The molecular weight excluding hydrogens is 802 g/mol. The fourth-order valence-corrected chi connectivity index (χ4v) is 9.52. The van der Waals surface area contributed by atoms with Gasteiger partial charge in [-0.05, 0) is 139 Å². The molecule has 1 unspecified atom stereocenters. The van der Waals surface area contributed by atoms with E-state index in [1.807, 2.05) is 49.5 Å². The summed E-state index contributed by atoms with van der Waals surface area (Å²) in [4.78, 5) is 12.1. The van der Waals surface area contributed by atoms with Crippen molar-refractivity contribution in [3.8, 4) is 22.8 Å². The third-order valence-corrected chi connectivity index (χ3v) is 13.2. The first kappa shape index (κ1) is 45.3. The van der Waals surface area contributed by atoms with Gasteiger partial charge in [0.15, 0.2) is 0 Å². The summed E-state index contributed by atoms with van der Waals surface area (Å²) in [5.74, 6) is 2.99. The second-order valence-corrected chi connectivity index (χ2v) is 18.8. The second kappa shape index (κ2) is 21.1. The number of hydrogen-bond acceptors (Lipinski definition) is 8. The van der Waals surface area contributed by atoms with Crippen LogP contribution >= 0.6 is 23.2 Å². The molecule has 0 aliphatic carbocycles. The van der Waals surface area contributed by atoms with Crippen LogP contribution in [0.1, 0.15) is 55.6 Å². The monoisotopic (exact) mass is 865 g/mol. The summed E-state index contributed by atoms with van der Waals surface area (Å²) in [5.41, 5.74) is 5.78. The van der Waals surface area contributed by atoms with Gasteiger partial charge in [-0.2, -0.15) is 0 Å². The van der Waals surface area contributed by atoms with E-state index in [1.165, 1.54) is 11.1 Å². The molecule has 6 atom stereocenters. The quantitative estimate of drug-likeness (QED) is 0.115. The molecule has 0 spiro atoms. The number of nitrogens with one attached hydrogen (secondary N) is 2. The minimum Gasteiger partial charge on any atom is -0.457 e. The van der Waals surface area contributed by atoms with Crippen LogP contribution in [0, 0.1) is 5.92 Å². The average Bonchev–Trinajstić information content (AvgIpc) is 3.59. The van der Waals surface area contributed by atoms with Gasteiger partial charge in [0.1, 0.15) is 17.3 Å². The van der Waals surface area contributed by atoms with Crippen LogP contribution in [0.5, 0.6) is 11.5 Å². The topological polar surface area (TPSA) is 81.1 Å². The standard InChI is InChI=1S/C50H65Cl2N7O2/c1-36-29-53-46(37(2)60)30-55-50(28-39-12-17-43(51)18-13-39)23-9-24-58(35-50)32-40(26-38-10-7-6-8-11-38)22-25-59(36)33-42-14-19-44(52)27-48(42)61-45-20-15-41(16-21-45)47-31-54-49(57(47)5)34-56(3)4/h6-8,10-21,27,31,36-37,40,46,53,55,60H,9,22-26,28-30,32-35H2,1-5H3/t36-,37-,40-,46-,50+/m0/s1. The highest BCUT2D eigenvalue weighted by molar-refractivity contribution is 6.31. The van der Waals surface area contributed by atoms with Crippen molar-refractivity contribution in [2.45, 2.75) is 82.8 Å². The number of aliphatic hydroxyl groups is 1. The summed E-state index contributed by atoms with van der Waals surface area (Å²) in [6.45, 7) is 11.1. The molecule has 2 aliphatic heterocycles. The van der Waals surface area contributed by atoms with Crippen LogP contribution in [-0.2, 0) is 33.0 Å². The lowest BCUT2D eigenvalue weighted by Gasteiger charge is -2.46. The number of fused-ring (bicyclic) bond motifs is 2. The molecule has 0 radical (unpaired) electrons. The first-order valence-electron chi connectivity index (χ1n) is 22.1. The minimum atomic E-state index is -0.524. The van der Waals surface area contributed by atoms with Crippen LogP contribution in [0.15, 0.2) is 103 Å². The molecule has 2 aliphatic rings. The molecule has 11 heteroatoms. The molecule has 326 valence electrons. The Balaban J connectivity index is 1.13. The van der Waals surface area contributed by atoms with E-state index in [1.54, 1.807) is 0 Å². The Bertz CT molecular complexity index is 2130. The summed E-state index contributed by atoms with van der Waals surface area (Å²) in [6.07, 6.45) is 6.61. The lowest BCUT2D eigenvalue weighted by molar-refractivity contribution is 0.0784. The van der Waals surface area contributed by atoms with Gasteiger partial charge in [-0.1, -0.05) is 71.7 Å². The number of rotatable bonds is 12. The van der Waals surface area contributed by atoms with Crippen molar-refractivity contribution in [1.82, 2.24) is 34.9 Å². The highest BCUT2D eigenvalue weighted by atomic mass is 35.5. The first-order chi connectivity index (χ1) is 29.4. The number of nitrogens with zero attached hydrogens (tertiary/aromatic N) is 5. The molecule has 2 bridgehead atoms. The highest BCUT2D eigenvalue weighted by Crippen LogP contribution is 2.33. The fraction of sp³-hybridized carbons (Fsp3) is 0.460. The van der Waals surface area contributed by atoms with Gasteiger partial charge in [0.25, 0.3) is 0 Å². The summed E-state index contributed by atoms with van der Waals surface area (Å²) >= 11 is 13.0. The highest BCUT2D eigenvalue weighted by Gasteiger charge is 2.37. The number of imidazole rings is 1. The zero-order valence-corrected chi connectivity index (χ0v) is 38.2. The normalized spacial score (nSPS) is 23.7. The third-order valence-electron chi connectivity index (χ3n) is 12.7. The lowest BCUT2D eigenvalue weighted by Crippen LogP contribution is -2.62. The van der Waals surface area contributed by atoms with E-state index in [2.05, 4.69) is 124 Å². The molecule has 0 amide bonds. The van der Waals surface area contributed by atoms with Gasteiger partial charge in [0.05, 0.1) is 24.5 Å². The molecule has 2 saturated heterocycles. The van der Waals surface area contributed by atoms with Crippen molar-refractivity contribution >= 4 is 23.2 Å². The minimum absolute atomic E-state index is 0.112. The van der Waals surface area contributed by atoms with Crippen LogP contribution < -0.4 is 15.4 Å². The van der Waals surface area contributed by atoms with Gasteiger partial charge in [-0.25, -0.2) is 4.98 Å². The Morgan fingerprint density at radius 1 is 0.934 bits per heavy atom. The Morgan fingerprint density at radius 3 is 2.43 bits per heavy atom. The van der Waals surface area contributed by atoms with Gasteiger partial charge < -0.3 is 34.8 Å². The zero-order chi connectivity index (χ0) is 42.9. The maximum Gasteiger partial charge on any atom is 0.133 e. The molecule has 4 aromatic carbocycles. The van der Waals surface area contributed by atoms with E-state index in [0.29, 0.717) is 24.0 Å². The van der Waals surface area contributed by atoms with E-state index in [-0.39, 0.29) is 17.6 Å². The molecule has 3 heterocycles. The summed E-state index contributed by atoms with van der Waals surface area (Å²) in [5, 5.41) is 20.4. The second-order valence-electron chi connectivity index (χ2n) is 18.0. The molecule has 7 rings (SSSR count). The van der Waals surface area contributed by atoms with E-state index in [9.17, 15) is 5.11 Å². The number of ether oxygens (including phenoxy) is 1. The van der Waals surface area contributed by atoms with E-state index < -0.39 is 6.10 Å². The van der Waals surface area contributed by atoms with E-state index >= 15 is 0 Å². The number of piperidine rings is 1. The predicted octanol–water partition coefficient (Wildman–Crippen LogP) is 8.71. The van der Waals surface area contributed by atoms with Gasteiger partial charge in [0.2, 0.25) is 0 Å². The zero-order valence-electron chi connectivity index (χ0n) is 36.7. The van der Waals surface area contributed by atoms with Crippen molar-refractivity contribution in [1.29, 1.82) is 0 Å².